The van der Waals surface area contributed by atoms with Crippen LogP contribution in [0.2, 0.25) is 0 Å². The molecule has 2 rings (SSSR count). The molecule has 106 valence electrons. The molecule has 0 spiro atoms. The number of hydrogen-bond donors (Lipinski definition) is 0. The lowest BCUT2D eigenvalue weighted by molar-refractivity contribution is 0.409. The van der Waals surface area contributed by atoms with Crippen LogP contribution in [0.1, 0.15) is 11.1 Å². The van der Waals surface area contributed by atoms with Crippen molar-refractivity contribution in [1.29, 1.82) is 0 Å². The Morgan fingerprint density at radius 3 is 2.60 bits per heavy atom. The normalized spacial score (nSPS) is 10.4. The molecule has 2 aromatic rings. The number of nitrogens with zero attached hydrogens (tertiary/aromatic N) is 1. The molecule has 4 heteroatoms. The highest BCUT2D eigenvalue weighted by Gasteiger charge is 2.10. The van der Waals surface area contributed by atoms with E-state index in [4.69, 9.17) is 16.3 Å². The number of benzene rings is 2. The summed E-state index contributed by atoms with van der Waals surface area (Å²) >= 11 is 5.89. The second kappa shape index (κ2) is 6.62. The number of anilines is 1. The number of alkyl halides is 1. The van der Waals surface area contributed by atoms with Crippen molar-refractivity contribution < 1.29 is 9.13 Å². The summed E-state index contributed by atoms with van der Waals surface area (Å²) in [6.45, 7) is 0.666. The van der Waals surface area contributed by atoms with Crippen LogP contribution in [0.4, 0.5) is 10.1 Å². The summed E-state index contributed by atoms with van der Waals surface area (Å²) in [5, 5.41) is 0. The molecule has 0 radical (unpaired) electrons. The Bertz CT molecular complexity index is 588. The third kappa shape index (κ3) is 3.23. The van der Waals surface area contributed by atoms with Gasteiger partial charge >= 0.3 is 0 Å². The van der Waals surface area contributed by atoms with Crippen molar-refractivity contribution in [1.82, 2.24) is 0 Å². The van der Waals surface area contributed by atoms with Gasteiger partial charge in [0.15, 0.2) is 0 Å². The maximum Gasteiger partial charge on any atom is 0.123 e. The minimum atomic E-state index is -0.268. The van der Waals surface area contributed by atoms with Gasteiger partial charge in [-0.3, -0.25) is 0 Å². The molecule has 0 aromatic heterocycles. The molecule has 20 heavy (non-hydrogen) atoms. The highest BCUT2D eigenvalue weighted by Crippen LogP contribution is 2.26. The van der Waals surface area contributed by atoms with E-state index in [0.717, 1.165) is 22.6 Å². The predicted molar refractivity (Wildman–Crippen MR) is 81.1 cm³/mol. The molecule has 0 N–H and O–H groups in total. The van der Waals surface area contributed by atoms with E-state index in [9.17, 15) is 4.39 Å². The van der Waals surface area contributed by atoms with Gasteiger partial charge in [0.25, 0.3) is 0 Å². The standard InChI is InChI=1S/C16H17ClFNO/c1-19(11-12-5-3-4-6-16(12)20-2)15-8-7-14(18)9-13(15)10-17/h3-9H,10-11H2,1-2H3. The number of para-hydroxylation sites is 1. The number of halogens is 2. The van der Waals surface area contributed by atoms with Crippen LogP contribution >= 0.6 is 11.6 Å². The molecule has 0 aliphatic rings. The Morgan fingerprint density at radius 1 is 1.15 bits per heavy atom. The van der Waals surface area contributed by atoms with Gasteiger partial charge in [0.05, 0.1) is 7.11 Å². The first kappa shape index (κ1) is 14.7. The number of ether oxygens (including phenoxy) is 1. The van der Waals surface area contributed by atoms with Crippen LogP contribution in [0.5, 0.6) is 5.75 Å². The van der Waals surface area contributed by atoms with Gasteiger partial charge in [0, 0.05) is 30.7 Å². The van der Waals surface area contributed by atoms with Gasteiger partial charge in [0.2, 0.25) is 0 Å². The van der Waals surface area contributed by atoms with Crippen LogP contribution in [0.25, 0.3) is 0 Å². The molecule has 0 aliphatic heterocycles. The molecule has 0 fully saturated rings. The highest BCUT2D eigenvalue weighted by molar-refractivity contribution is 6.17. The second-order valence-electron chi connectivity index (χ2n) is 4.57. The van der Waals surface area contributed by atoms with Gasteiger partial charge in [-0.15, -0.1) is 11.6 Å². The number of methoxy groups -OCH3 is 1. The van der Waals surface area contributed by atoms with Crippen molar-refractivity contribution in [3.8, 4) is 5.75 Å². The fourth-order valence-electron chi connectivity index (χ4n) is 2.21. The molecule has 0 amide bonds. The largest absolute Gasteiger partial charge is 0.496 e. The molecule has 0 saturated carbocycles. The van der Waals surface area contributed by atoms with E-state index >= 15 is 0 Å². The Balaban J connectivity index is 2.26. The molecule has 0 saturated heterocycles. The molecule has 0 atom stereocenters. The summed E-state index contributed by atoms with van der Waals surface area (Å²) in [5.41, 5.74) is 2.78. The van der Waals surface area contributed by atoms with Crippen molar-refractivity contribution in [2.75, 3.05) is 19.1 Å². The van der Waals surface area contributed by atoms with Crippen molar-refractivity contribution in [3.05, 3.63) is 59.4 Å². The molecule has 2 nitrogen and oxygen atoms in total. The van der Waals surface area contributed by atoms with Gasteiger partial charge in [-0.25, -0.2) is 4.39 Å². The van der Waals surface area contributed by atoms with E-state index in [2.05, 4.69) is 0 Å². The van der Waals surface area contributed by atoms with Crippen LogP contribution in [-0.4, -0.2) is 14.2 Å². The number of rotatable bonds is 5. The summed E-state index contributed by atoms with van der Waals surface area (Å²) in [6, 6.07) is 12.5. The lowest BCUT2D eigenvalue weighted by atomic mass is 10.1. The Hall–Kier alpha value is -1.74. The average molecular weight is 294 g/mol. The van der Waals surface area contributed by atoms with Crippen molar-refractivity contribution >= 4 is 17.3 Å². The SMILES string of the molecule is COc1ccccc1CN(C)c1ccc(F)cc1CCl. The Morgan fingerprint density at radius 2 is 1.90 bits per heavy atom. The first-order chi connectivity index (χ1) is 9.65. The minimum absolute atomic E-state index is 0.268. The molecule has 2 aromatic carbocycles. The molecule has 0 heterocycles. The molecule has 0 bridgehead atoms. The maximum absolute atomic E-state index is 13.2. The van der Waals surface area contributed by atoms with Crippen LogP contribution < -0.4 is 9.64 Å². The van der Waals surface area contributed by atoms with E-state index in [1.807, 2.05) is 36.2 Å². The van der Waals surface area contributed by atoms with Crippen molar-refractivity contribution in [2.45, 2.75) is 12.4 Å². The quantitative estimate of drug-likeness (QED) is 0.766. The van der Waals surface area contributed by atoms with Crippen LogP contribution in [0.3, 0.4) is 0 Å². The number of hydrogen-bond acceptors (Lipinski definition) is 2. The molecule has 0 unspecified atom stereocenters. The van der Waals surface area contributed by atoms with Crippen molar-refractivity contribution in [2.24, 2.45) is 0 Å². The Labute approximate surface area is 123 Å². The first-order valence-electron chi connectivity index (χ1n) is 6.33. The van der Waals surface area contributed by atoms with E-state index < -0.39 is 0 Å². The highest BCUT2D eigenvalue weighted by atomic mass is 35.5. The molecule has 0 aliphatic carbocycles. The van der Waals surface area contributed by atoms with Gasteiger partial charge in [0.1, 0.15) is 11.6 Å². The van der Waals surface area contributed by atoms with Gasteiger partial charge < -0.3 is 9.64 Å². The van der Waals surface area contributed by atoms with E-state index in [1.165, 1.54) is 12.1 Å². The predicted octanol–water partition coefficient (Wildman–Crippen LogP) is 4.21. The molecular weight excluding hydrogens is 277 g/mol. The summed E-state index contributed by atoms with van der Waals surface area (Å²) < 4.78 is 18.6. The molecular formula is C16H17ClFNO. The fraction of sp³-hybridized carbons (Fsp3) is 0.250. The summed E-state index contributed by atoms with van der Waals surface area (Å²) in [6.07, 6.45) is 0. The van der Waals surface area contributed by atoms with Gasteiger partial charge in [-0.05, 0) is 29.8 Å². The van der Waals surface area contributed by atoms with E-state index in [1.54, 1.807) is 13.2 Å². The zero-order valence-corrected chi connectivity index (χ0v) is 12.3. The fourth-order valence-corrected chi connectivity index (χ4v) is 2.42. The van der Waals surface area contributed by atoms with Crippen LogP contribution in [-0.2, 0) is 12.4 Å². The third-order valence-corrected chi connectivity index (χ3v) is 3.48. The smallest absolute Gasteiger partial charge is 0.123 e. The first-order valence-corrected chi connectivity index (χ1v) is 6.86. The topological polar surface area (TPSA) is 12.5 Å². The average Bonchev–Trinajstić information content (AvgIpc) is 2.47. The summed E-state index contributed by atoms with van der Waals surface area (Å²) in [5.74, 6) is 0.854. The summed E-state index contributed by atoms with van der Waals surface area (Å²) in [7, 11) is 3.61. The van der Waals surface area contributed by atoms with Crippen molar-refractivity contribution in [3.63, 3.8) is 0 Å². The minimum Gasteiger partial charge on any atom is -0.496 e. The van der Waals surface area contributed by atoms with E-state index in [0.29, 0.717) is 6.54 Å². The third-order valence-electron chi connectivity index (χ3n) is 3.20. The second-order valence-corrected chi connectivity index (χ2v) is 4.84. The zero-order valence-electron chi connectivity index (χ0n) is 11.6. The van der Waals surface area contributed by atoms with Crippen LogP contribution in [0, 0.1) is 5.82 Å². The maximum atomic E-state index is 13.2. The van der Waals surface area contributed by atoms with Crippen LogP contribution in [0.15, 0.2) is 42.5 Å². The van der Waals surface area contributed by atoms with Gasteiger partial charge in [-0.2, -0.15) is 0 Å². The monoisotopic (exact) mass is 293 g/mol. The lowest BCUT2D eigenvalue weighted by Gasteiger charge is -2.23. The van der Waals surface area contributed by atoms with E-state index in [-0.39, 0.29) is 11.7 Å². The zero-order chi connectivity index (χ0) is 14.5. The summed E-state index contributed by atoms with van der Waals surface area (Å²) in [4.78, 5) is 2.04. The van der Waals surface area contributed by atoms with Gasteiger partial charge in [-0.1, -0.05) is 18.2 Å². The lowest BCUT2D eigenvalue weighted by Crippen LogP contribution is -2.18. The Kier molecular flexibility index (Phi) is 4.85.